The second-order valence-electron chi connectivity index (χ2n) is 4.09. The van der Waals surface area contributed by atoms with Gasteiger partial charge in [-0.1, -0.05) is 36.4 Å². The van der Waals surface area contributed by atoms with Crippen molar-refractivity contribution in [2.75, 3.05) is 12.0 Å². The largest absolute Gasteiger partial charge is 0.343 e. The first kappa shape index (κ1) is 13.6. The van der Waals surface area contributed by atoms with Crippen molar-refractivity contribution >= 4 is 17.5 Å². The average molecular weight is 269 g/mol. The van der Waals surface area contributed by atoms with Crippen LogP contribution in [0.3, 0.4) is 0 Å². The van der Waals surface area contributed by atoms with Gasteiger partial charge in [-0.25, -0.2) is 0 Å². The highest BCUT2D eigenvalue weighted by atomic mass is 16.2. The molecule has 2 amide bonds. The molecule has 20 heavy (non-hydrogen) atoms. The van der Waals surface area contributed by atoms with Crippen molar-refractivity contribution in [3.8, 4) is 0 Å². The van der Waals surface area contributed by atoms with Crippen LogP contribution in [0.15, 0.2) is 60.7 Å². The Labute approximate surface area is 117 Å². The van der Waals surface area contributed by atoms with E-state index in [-0.39, 0.29) is 18.4 Å². The highest BCUT2D eigenvalue weighted by molar-refractivity contribution is 5.96. The van der Waals surface area contributed by atoms with Gasteiger partial charge < -0.3 is 5.32 Å². The number of para-hydroxylation sites is 1. The molecule has 2 aromatic rings. The zero-order valence-corrected chi connectivity index (χ0v) is 10.8. The van der Waals surface area contributed by atoms with Gasteiger partial charge in [0.1, 0.15) is 0 Å². The van der Waals surface area contributed by atoms with E-state index >= 15 is 0 Å². The predicted octanol–water partition coefficient (Wildman–Crippen LogP) is 1.56. The topological polar surface area (TPSA) is 70.2 Å². The van der Waals surface area contributed by atoms with Gasteiger partial charge in [0.25, 0.3) is 11.8 Å². The van der Waals surface area contributed by atoms with Crippen LogP contribution in [0.5, 0.6) is 0 Å². The summed E-state index contributed by atoms with van der Waals surface area (Å²) in [6, 6.07) is 18.0. The van der Waals surface area contributed by atoms with Gasteiger partial charge in [-0.15, -0.1) is 0 Å². The molecule has 0 aliphatic rings. The molecule has 3 N–H and O–H groups in total. The number of carbonyl (C=O) groups is 2. The molecule has 0 unspecified atom stereocenters. The molecule has 0 bridgehead atoms. The molecule has 102 valence electrons. The van der Waals surface area contributed by atoms with Crippen LogP contribution >= 0.6 is 0 Å². The molecule has 0 radical (unpaired) electrons. The van der Waals surface area contributed by atoms with Gasteiger partial charge in [-0.3, -0.25) is 20.4 Å². The van der Waals surface area contributed by atoms with E-state index in [0.717, 1.165) is 5.69 Å². The van der Waals surface area contributed by atoms with Crippen LogP contribution < -0.4 is 16.2 Å². The number of nitrogens with one attached hydrogen (secondary N) is 3. The van der Waals surface area contributed by atoms with Crippen LogP contribution in [0.4, 0.5) is 5.69 Å². The molecule has 0 spiro atoms. The maximum Gasteiger partial charge on any atom is 0.257 e. The van der Waals surface area contributed by atoms with Crippen LogP contribution in [0.25, 0.3) is 0 Å². The molecular weight excluding hydrogens is 254 g/mol. The van der Waals surface area contributed by atoms with E-state index in [2.05, 4.69) is 16.2 Å². The lowest BCUT2D eigenvalue weighted by Crippen LogP contribution is -2.39. The Morgan fingerprint density at radius 2 is 1.45 bits per heavy atom. The summed E-state index contributed by atoms with van der Waals surface area (Å²) in [5.41, 5.74) is 6.56. The Kier molecular flexibility index (Phi) is 4.72. The third kappa shape index (κ3) is 4.13. The van der Waals surface area contributed by atoms with Crippen molar-refractivity contribution < 1.29 is 9.59 Å². The molecular formula is C15H15N3O2. The molecule has 0 atom stereocenters. The van der Waals surface area contributed by atoms with E-state index in [0.29, 0.717) is 5.56 Å². The van der Waals surface area contributed by atoms with Gasteiger partial charge in [-0.2, -0.15) is 0 Å². The second kappa shape index (κ2) is 6.94. The Morgan fingerprint density at radius 1 is 0.850 bits per heavy atom. The number of benzene rings is 2. The van der Waals surface area contributed by atoms with Gasteiger partial charge in [0.15, 0.2) is 0 Å². The smallest absolute Gasteiger partial charge is 0.257 e. The minimum Gasteiger partial charge on any atom is -0.343 e. The summed E-state index contributed by atoms with van der Waals surface area (Å²) in [6.45, 7) is -0.0897. The van der Waals surface area contributed by atoms with Crippen molar-refractivity contribution in [2.24, 2.45) is 0 Å². The lowest BCUT2D eigenvalue weighted by Gasteiger charge is -2.09. The lowest BCUT2D eigenvalue weighted by molar-refractivity contribution is -0.119. The van der Waals surface area contributed by atoms with Gasteiger partial charge in [0, 0.05) is 5.56 Å². The molecule has 0 saturated heterocycles. The number of rotatable bonds is 5. The zero-order valence-electron chi connectivity index (χ0n) is 10.8. The van der Waals surface area contributed by atoms with Crippen molar-refractivity contribution in [1.29, 1.82) is 0 Å². The molecule has 0 heterocycles. The predicted molar refractivity (Wildman–Crippen MR) is 77.0 cm³/mol. The molecule has 5 heteroatoms. The number of hydrazine groups is 1. The third-order valence-corrected chi connectivity index (χ3v) is 2.57. The maximum absolute atomic E-state index is 11.7. The van der Waals surface area contributed by atoms with Gasteiger partial charge in [0.2, 0.25) is 0 Å². The Hall–Kier alpha value is -2.82. The van der Waals surface area contributed by atoms with E-state index < -0.39 is 0 Å². The molecule has 0 aromatic heterocycles. The summed E-state index contributed by atoms with van der Waals surface area (Å²) in [7, 11) is 0. The van der Waals surface area contributed by atoms with Crippen molar-refractivity contribution in [2.45, 2.75) is 0 Å². The number of hydrogen-bond donors (Lipinski definition) is 3. The summed E-state index contributed by atoms with van der Waals surface area (Å²) in [5.74, 6) is -0.599. The first-order valence-corrected chi connectivity index (χ1v) is 6.19. The van der Waals surface area contributed by atoms with Gasteiger partial charge >= 0.3 is 0 Å². The second-order valence-corrected chi connectivity index (χ2v) is 4.09. The van der Waals surface area contributed by atoms with Crippen molar-refractivity contribution in [3.05, 3.63) is 66.2 Å². The van der Waals surface area contributed by atoms with Gasteiger partial charge in [0.05, 0.1) is 12.2 Å². The lowest BCUT2D eigenvalue weighted by atomic mass is 10.2. The SMILES string of the molecule is O=C(CNC(=O)c1ccccc1)NNc1ccccc1. The van der Waals surface area contributed by atoms with Crippen LogP contribution in [0, 0.1) is 0 Å². The minimum atomic E-state index is -0.321. The van der Waals surface area contributed by atoms with E-state index in [9.17, 15) is 9.59 Å². The van der Waals surface area contributed by atoms with E-state index in [1.54, 1.807) is 24.3 Å². The Bertz CT molecular complexity index is 570. The molecule has 2 aromatic carbocycles. The number of hydrogen-bond acceptors (Lipinski definition) is 3. The molecule has 0 fully saturated rings. The third-order valence-electron chi connectivity index (χ3n) is 2.57. The minimum absolute atomic E-state index is 0.0897. The maximum atomic E-state index is 11.7. The van der Waals surface area contributed by atoms with E-state index in [1.807, 2.05) is 36.4 Å². The van der Waals surface area contributed by atoms with Crippen molar-refractivity contribution in [1.82, 2.24) is 10.7 Å². The monoisotopic (exact) mass is 269 g/mol. The Balaban J connectivity index is 1.74. The van der Waals surface area contributed by atoms with E-state index in [4.69, 9.17) is 0 Å². The summed E-state index contributed by atoms with van der Waals surface area (Å²) in [5, 5.41) is 2.54. The molecule has 0 saturated carbocycles. The van der Waals surface area contributed by atoms with Gasteiger partial charge in [-0.05, 0) is 24.3 Å². The fourth-order valence-electron chi connectivity index (χ4n) is 1.56. The average Bonchev–Trinajstić information content (AvgIpc) is 2.52. The fraction of sp³-hybridized carbons (Fsp3) is 0.0667. The first-order valence-electron chi connectivity index (χ1n) is 6.19. The summed E-state index contributed by atoms with van der Waals surface area (Å²) >= 11 is 0. The number of carbonyl (C=O) groups excluding carboxylic acids is 2. The first-order chi connectivity index (χ1) is 9.75. The molecule has 5 nitrogen and oxygen atoms in total. The van der Waals surface area contributed by atoms with Crippen LogP contribution in [0.2, 0.25) is 0 Å². The van der Waals surface area contributed by atoms with Crippen LogP contribution in [0.1, 0.15) is 10.4 Å². The normalized spacial score (nSPS) is 9.60. The quantitative estimate of drug-likeness (QED) is 0.721. The molecule has 0 aliphatic carbocycles. The standard InChI is InChI=1S/C15H15N3O2/c19-14(18-17-13-9-5-2-6-10-13)11-16-15(20)12-7-3-1-4-8-12/h1-10,17H,11H2,(H,16,20)(H,18,19). The number of amides is 2. The molecule has 2 rings (SSSR count). The zero-order chi connectivity index (χ0) is 14.2. The fourth-order valence-corrected chi connectivity index (χ4v) is 1.56. The number of anilines is 1. The Morgan fingerprint density at radius 3 is 2.10 bits per heavy atom. The van der Waals surface area contributed by atoms with Crippen LogP contribution in [-0.4, -0.2) is 18.4 Å². The summed E-state index contributed by atoms with van der Waals surface area (Å²) in [6.07, 6.45) is 0. The molecule has 0 aliphatic heterocycles. The van der Waals surface area contributed by atoms with Crippen LogP contribution in [-0.2, 0) is 4.79 Å². The summed E-state index contributed by atoms with van der Waals surface area (Å²) < 4.78 is 0. The van der Waals surface area contributed by atoms with E-state index in [1.165, 1.54) is 0 Å². The van der Waals surface area contributed by atoms with Crippen molar-refractivity contribution in [3.63, 3.8) is 0 Å². The summed E-state index contributed by atoms with van der Waals surface area (Å²) in [4.78, 5) is 23.3. The highest BCUT2D eigenvalue weighted by Crippen LogP contribution is 2.02. The highest BCUT2D eigenvalue weighted by Gasteiger charge is 2.06.